The Morgan fingerprint density at radius 3 is 2.56 bits per heavy atom. The third-order valence-electron chi connectivity index (χ3n) is 3.07. The molecule has 0 bridgehead atoms. The number of aryl methyl sites for hydroxylation is 1. The summed E-state index contributed by atoms with van der Waals surface area (Å²) in [6.07, 6.45) is 0. The molecule has 1 atom stereocenters. The first-order valence-electron chi connectivity index (χ1n) is 5.68. The lowest BCUT2D eigenvalue weighted by Gasteiger charge is -2.18. The first-order chi connectivity index (χ1) is 8.41. The highest BCUT2D eigenvalue weighted by Crippen LogP contribution is 2.24. The minimum absolute atomic E-state index is 0.177. The molecule has 1 aromatic rings. The van der Waals surface area contributed by atoms with Crippen LogP contribution in [-0.2, 0) is 0 Å². The molecule has 0 spiro atoms. The molecule has 4 nitrogen and oxygen atoms in total. The van der Waals surface area contributed by atoms with Gasteiger partial charge in [0.2, 0.25) is 0 Å². The zero-order valence-electron chi connectivity index (χ0n) is 10.3. The van der Waals surface area contributed by atoms with E-state index < -0.39 is 0 Å². The Balaban J connectivity index is 2.31. The summed E-state index contributed by atoms with van der Waals surface area (Å²) in [5.41, 5.74) is 7.40. The van der Waals surface area contributed by atoms with Crippen LogP contribution in [-0.4, -0.2) is 28.2 Å². The van der Waals surface area contributed by atoms with Gasteiger partial charge in [-0.2, -0.15) is 0 Å². The molecule has 0 aliphatic carbocycles. The van der Waals surface area contributed by atoms with Gasteiger partial charge in [0.25, 0.3) is 11.8 Å². The first kappa shape index (κ1) is 12.7. The van der Waals surface area contributed by atoms with Crippen molar-refractivity contribution in [2.75, 3.05) is 6.54 Å². The van der Waals surface area contributed by atoms with Gasteiger partial charge in [0.05, 0.1) is 16.1 Å². The van der Waals surface area contributed by atoms with Crippen LogP contribution in [0, 0.1) is 12.8 Å². The number of carbonyl (C=O) groups excluding carboxylic acids is 2. The summed E-state index contributed by atoms with van der Waals surface area (Å²) in [7, 11) is 0. The van der Waals surface area contributed by atoms with Crippen molar-refractivity contribution >= 4 is 29.0 Å². The molecule has 1 aromatic carbocycles. The Morgan fingerprint density at radius 2 is 1.94 bits per heavy atom. The SMILES string of the molecule is Cc1ccc2c(c1)C(=O)N(CC(C)C(N)=S)C2=O. The summed E-state index contributed by atoms with van der Waals surface area (Å²) in [5, 5.41) is 0. The lowest BCUT2D eigenvalue weighted by atomic mass is 10.1. The fourth-order valence-electron chi connectivity index (χ4n) is 1.93. The van der Waals surface area contributed by atoms with Crippen molar-refractivity contribution in [2.24, 2.45) is 11.7 Å². The molecule has 2 N–H and O–H groups in total. The van der Waals surface area contributed by atoms with Gasteiger partial charge >= 0.3 is 0 Å². The van der Waals surface area contributed by atoms with E-state index in [1.165, 1.54) is 4.90 Å². The molecule has 1 heterocycles. The van der Waals surface area contributed by atoms with Crippen LogP contribution < -0.4 is 5.73 Å². The van der Waals surface area contributed by atoms with E-state index in [0.717, 1.165) is 5.56 Å². The van der Waals surface area contributed by atoms with E-state index >= 15 is 0 Å². The Kier molecular flexibility index (Phi) is 3.17. The number of nitrogens with zero attached hydrogens (tertiary/aromatic N) is 1. The second-order valence-corrected chi connectivity index (χ2v) is 5.04. The van der Waals surface area contributed by atoms with Gasteiger partial charge in [0.15, 0.2) is 0 Å². The Morgan fingerprint density at radius 1 is 1.33 bits per heavy atom. The van der Waals surface area contributed by atoms with Crippen molar-refractivity contribution in [3.63, 3.8) is 0 Å². The summed E-state index contributed by atoms with van der Waals surface area (Å²) in [6.45, 7) is 3.93. The predicted octanol–water partition coefficient (Wildman–Crippen LogP) is 1.51. The van der Waals surface area contributed by atoms with E-state index in [-0.39, 0.29) is 24.3 Å². The molecule has 94 valence electrons. The number of hydrogen-bond donors (Lipinski definition) is 1. The van der Waals surface area contributed by atoms with E-state index in [9.17, 15) is 9.59 Å². The van der Waals surface area contributed by atoms with Crippen molar-refractivity contribution in [1.29, 1.82) is 0 Å². The zero-order valence-corrected chi connectivity index (χ0v) is 11.1. The van der Waals surface area contributed by atoms with Gasteiger partial charge in [0.1, 0.15) is 0 Å². The Hall–Kier alpha value is -1.75. The fraction of sp³-hybridized carbons (Fsp3) is 0.308. The molecular weight excluding hydrogens is 248 g/mol. The fourth-order valence-corrected chi connectivity index (χ4v) is 2.01. The summed E-state index contributed by atoms with van der Waals surface area (Å²) in [6, 6.07) is 5.25. The lowest BCUT2D eigenvalue weighted by Crippen LogP contribution is -2.37. The molecule has 2 rings (SSSR count). The molecule has 2 amide bonds. The standard InChI is InChI=1S/C13H14N2O2S/c1-7-3-4-9-10(5-7)13(17)15(12(9)16)6-8(2)11(14)18/h3-5,8H,6H2,1-2H3,(H2,14,18). The number of thiocarbonyl (C=S) groups is 1. The molecule has 1 aliphatic rings. The van der Waals surface area contributed by atoms with Gasteiger partial charge in [-0.1, -0.05) is 30.8 Å². The monoisotopic (exact) mass is 262 g/mol. The highest BCUT2D eigenvalue weighted by Gasteiger charge is 2.36. The number of nitrogens with two attached hydrogens (primary N) is 1. The van der Waals surface area contributed by atoms with Crippen LogP contribution >= 0.6 is 12.2 Å². The second-order valence-electron chi connectivity index (χ2n) is 4.57. The van der Waals surface area contributed by atoms with Gasteiger partial charge in [-0.15, -0.1) is 0 Å². The number of fused-ring (bicyclic) bond motifs is 1. The largest absolute Gasteiger partial charge is 0.393 e. The van der Waals surface area contributed by atoms with Gasteiger partial charge in [0, 0.05) is 12.5 Å². The van der Waals surface area contributed by atoms with E-state index in [1.807, 2.05) is 13.0 Å². The zero-order chi connectivity index (χ0) is 13.4. The Labute approximate surface area is 111 Å². The molecule has 5 heteroatoms. The average molecular weight is 262 g/mol. The Bertz CT molecular complexity index is 554. The smallest absolute Gasteiger partial charge is 0.261 e. The molecule has 18 heavy (non-hydrogen) atoms. The number of imide groups is 1. The molecule has 1 aliphatic heterocycles. The maximum Gasteiger partial charge on any atom is 0.261 e. The summed E-state index contributed by atoms with van der Waals surface area (Å²) in [4.78, 5) is 25.8. The quantitative estimate of drug-likeness (QED) is 0.662. The minimum atomic E-state index is -0.266. The number of amides is 2. The first-order valence-corrected chi connectivity index (χ1v) is 6.09. The van der Waals surface area contributed by atoms with Crippen molar-refractivity contribution in [1.82, 2.24) is 4.90 Å². The van der Waals surface area contributed by atoms with Crippen LogP contribution in [0.25, 0.3) is 0 Å². The normalized spacial score (nSPS) is 15.8. The van der Waals surface area contributed by atoms with Crippen LogP contribution in [0.15, 0.2) is 18.2 Å². The van der Waals surface area contributed by atoms with E-state index in [1.54, 1.807) is 19.1 Å². The molecule has 0 aromatic heterocycles. The van der Waals surface area contributed by atoms with E-state index in [2.05, 4.69) is 0 Å². The number of hydrogen-bond acceptors (Lipinski definition) is 3. The molecule has 1 unspecified atom stereocenters. The molecule has 0 saturated carbocycles. The van der Waals surface area contributed by atoms with Crippen LogP contribution in [0.2, 0.25) is 0 Å². The number of benzene rings is 1. The lowest BCUT2D eigenvalue weighted by molar-refractivity contribution is 0.0645. The maximum absolute atomic E-state index is 12.1. The van der Waals surface area contributed by atoms with Crippen molar-refractivity contribution in [3.05, 3.63) is 34.9 Å². The van der Waals surface area contributed by atoms with Crippen molar-refractivity contribution < 1.29 is 9.59 Å². The van der Waals surface area contributed by atoms with Crippen molar-refractivity contribution in [2.45, 2.75) is 13.8 Å². The van der Waals surface area contributed by atoms with Gasteiger partial charge in [-0.25, -0.2) is 0 Å². The predicted molar refractivity (Wildman–Crippen MR) is 72.5 cm³/mol. The molecular formula is C13H14N2O2S. The number of rotatable bonds is 3. The maximum atomic E-state index is 12.1. The van der Waals surface area contributed by atoms with Crippen molar-refractivity contribution in [3.8, 4) is 0 Å². The van der Waals surface area contributed by atoms with Gasteiger partial charge in [-0.05, 0) is 19.1 Å². The van der Waals surface area contributed by atoms with Crippen LogP contribution in [0.3, 0.4) is 0 Å². The van der Waals surface area contributed by atoms with E-state index in [0.29, 0.717) is 16.1 Å². The molecule has 0 radical (unpaired) electrons. The van der Waals surface area contributed by atoms with Crippen LogP contribution in [0.5, 0.6) is 0 Å². The van der Waals surface area contributed by atoms with Gasteiger partial charge in [-0.3, -0.25) is 14.5 Å². The topological polar surface area (TPSA) is 63.4 Å². The minimum Gasteiger partial charge on any atom is -0.393 e. The number of carbonyl (C=O) groups is 2. The summed E-state index contributed by atoms with van der Waals surface area (Å²) < 4.78 is 0. The van der Waals surface area contributed by atoms with E-state index in [4.69, 9.17) is 18.0 Å². The highest BCUT2D eigenvalue weighted by atomic mass is 32.1. The molecule has 0 fully saturated rings. The van der Waals surface area contributed by atoms with Gasteiger partial charge < -0.3 is 5.73 Å². The van der Waals surface area contributed by atoms with Crippen LogP contribution in [0.1, 0.15) is 33.2 Å². The third kappa shape index (κ3) is 2.01. The molecule has 0 saturated heterocycles. The highest BCUT2D eigenvalue weighted by molar-refractivity contribution is 7.80. The summed E-state index contributed by atoms with van der Waals surface area (Å²) in [5.74, 6) is -0.705. The van der Waals surface area contributed by atoms with Crippen LogP contribution in [0.4, 0.5) is 0 Å². The summed E-state index contributed by atoms with van der Waals surface area (Å²) >= 11 is 4.87. The second kappa shape index (κ2) is 4.49. The third-order valence-corrected chi connectivity index (χ3v) is 3.47. The average Bonchev–Trinajstić information content (AvgIpc) is 2.54.